The molecular weight excluding hydrogens is 325 g/mol. The first kappa shape index (κ1) is 16.6. The minimum Gasteiger partial charge on any atom is -0.489 e. The lowest BCUT2D eigenvalue weighted by molar-refractivity contribution is -0.135. The van der Waals surface area contributed by atoms with Crippen LogP contribution in [0.15, 0.2) is 42.5 Å². The third-order valence-corrected chi connectivity index (χ3v) is 3.66. The number of carbonyl (C=O) groups is 1. The van der Waals surface area contributed by atoms with Gasteiger partial charge >= 0.3 is 5.97 Å². The van der Waals surface area contributed by atoms with Crippen molar-refractivity contribution >= 4 is 29.2 Å². The van der Waals surface area contributed by atoms with Crippen LogP contribution in [0.5, 0.6) is 5.75 Å². The minimum absolute atomic E-state index is 0.0599. The average molecular weight is 340 g/mol. The molecule has 0 bridgehead atoms. The molecule has 0 saturated carbocycles. The molecule has 2 aromatic rings. The zero-order valence-electron chi connectivity index (χ0n) is 11.7. The Balaban J connectivity index is 1.85. The van der Waals surface area contributed by atoms with Gasteiger partial charge in [-0.25, -0.2) is 0 Å². The van der Waals surface area contributed by atoms with Crippen molar-refractivity contribution in [2.24, 2.45) is 0 Å². The molecule has 0 radical (unpaired) electrons. The molecule has 116 valence electrons. The molecule has 0 amide bonds. The van der Waals surface area contributed by atoms with Gasteiger partial charge in [-0.3, -0.25) is 4.79 Å². The van der Waals surface area contributed by atoms with Crippen molar-refractivity contribution in [3.05, 3.63) is 63.6 Å². The lowest BCUT2D eigenvalue weighted by Gasteiger charge is -2.08. The van der Waals surface area contributed by atoms with Crippen molar-refractivity contribution in [3.8, 4) is 5.75 Å². The predicted molar refractivity (Wildman–Crippen MR) is 86.6 cm³/mol. The number of benzene rings is 2. The molecule has 0 spiro atoms. The standard InChI is InChI=1S/C16H15Cl2NO3/c17-14-6-3-12(7-15(14)18)10-22-13-4-1-11(2-5-13)8-19-9-16(20)21/h1-7,19H,8-10H2,(H,20,21). The van der Waals surface area contributed by atoms with Crippen LogP contribution in [0.1, 0.15) is 11.1 Å². The fraction of sp³-hybridized carbons (Fsp3) is 0.188. The molecule has 0 saturated heterocycles. The highest BCUT2D eigenvalue weighted by molar-refractivity contribution is 6.42. The molecule has 0 unspecified atom stereocenters. The number of hydrogen-bond acceptors (Lipinski definition) is 3. The molecule has 0 atom stereocenters. The van der Waals surface area contributed by atoms with Crippen LogP contribution in [0.25, 0.3) is 0 Å². The summed E-state index contributed by atoms with van der Waals surface area (Å²) >= 11 is 11.8. The zero-order valence-corrected chi connectivity index (χ0v) is 13.2. The van der Waals surface area contributed by atoms with Gasteiger partial charge in [-0.05, 0) is 35.4 Å². The van der Waals surface area contributed by atoms with E-state index in [0.717, 1.165) is 16.9 Å². The van der Waals surface area contributed by atoms with Gasteiger partial charge in [-0.1, -0.05) is 41.4 Å². The van der Waals surface area contributed by atoms with Crippen molar-refractivity contribution in [3.63, 3.8) is 0 Å². The number of carboxylic acid groups (broad SMARTS) is 1. The lowest BCUT2D eigenvalue weighted by Crippen LogP contribution is -2.21. The van der Waals surface area contributed by atoms with Gasteiger partial charge in [-0.15, -0.1) is 0 Å². The number of rotatable bonds is 7. The summed E-state index contributed by atoms with van der Waals surface area (Å²) in [7, 11) is 0. The van der Waals surface area contributed by atoms with Crippen LogP contribution in [-0.4, -0.2) is 17.6 Å². The van der Waals surface area contributed by atoms with Gasteiger partial charge < -0.3 is 15.2 Å². The van der Waals surface area contributed by atoms with E-state index in [1.54, 1.807) is 12.1 Å². The summed E-state index contributed by atoms with van der Waals surface area (Å²) in [5, 5.41) is 12.4. The highest BCUT2D eigenvalue weighted by Gasteiger charge is 2.02. The second-order valence-corrected chi connectivity index (χ2v) is 5.49. The van der Waals surface area contributed by atoms with Crippen LogP contribution in [-0.2, 0) is 17.9 Å². The molecule has 0 aromatic heterocycles. The van der Waals surface area contributed by atoms with Gasteiger partial charge in [0.15, 0.2) is 0 Å². The SMILES string of the molecule is O=C(O)CNCc1ccc(OCc2ccc(Cl)c(Cl)c2)cc1. The van der Waals surface area contributed by atoms with Gasteiger partial charge in [0, 0.05) is 6.54 Å². The van der Waals surface area contributed by atoms with E-state index in [1.807, 2.05) is 30.3 Å². The van der Waals surface area contributed by atoms with E-state index >= 15 is 0 Å². The van der Waals surface area contributed by atoms with Gasteiger partial charge in [0.05, 0.1) is 16.6 Å². The summed E-state index contributed by atoms with van der Waals surface area (Å²) < 4.78 is 5.67. The Kier molecular flexibility index (Phi) is 6.07. The van der Waals surface area contributed by atoms with Crippen LogP contribution in [0.3, 0.4) is 0 Å². The Hall–Kier alpha value is -1.75. The molecule has 4 nitrogen and oxygen atoms in total. The van der Waals surface area contributed by atoms with Crippen LogP contribution in [0.2, 0.25) is 10.0 Å². The molecule has 0 aliphatic carbocycles. The van der Waals surface area contributed by atoms with E-state index < -0.39 is 5.97 Å². The van der Waals surface area contributed by atoms with E-state index in [0.29, 0.717) is 23.2 Å². The van der Waals surface area contributed by atoms with E-state index in [4.69, 9.17) is 33.0 Å². The van der Waals surface area contributed by atoms with Crippen LogP contribution in [0.4, 0.5) is 0 Å². The van der Waals surface area contributed by atoms with Crippen LogP contribution in [0, 0.1) is 0 Å². The molecular formula is C16H15Cl2NO3. The maximum absolute atomic E-state index is 10.4. The number of hydrogen-bond donors (Lipinski definition) is 2. The Morgan fingerprint density at radius 1 is 1.05 bits per heavy atom. The maximum Gasteiger partial charge on any atom is 0.317 e. The summed E-state index contributed by atoms with van der Waals surface area (Å²) in [6, 6.07) is 12.8. The van der Waals surface area contributed by atoms with Gasteiger partial charge in [0.25, 0.3) is 0 Å². The van der Waals surface area contributed by atoms with Crippen molar-refractivity contribution < 1.29 is 14.6 Å². The molecule has 6 heteroatoms. The third kappa shape index (κ3) is 5.22. The highest BCUT2D eigenvalue weighted by atomic mass is 35.5. The fourth-order valence-corrected chi connectivity index (χ4v) is 2.13. The van der Waals surface area contributed by atoms with Crippen molar-refractivity contribution in [2.75, 3.05) is 6.54 Å². The number of nitrogens with one attached hydrogen (secondary N) is 1. The first-order valence-corrected chi connectivity index (χ1v) is 7.38. The molecule has 0 aliphatic heterocycles. The number of ether oxygens (including phenoxy) is 1. The Labute approximate surface area is 138 Å². The largest absolute Gasteiger partial charge is 0.489 e. The fourth-order valence-electron chi connectivity index (χ4n) is 1.81. The summed E-state index contributed by atoms with van der Waals surface area (Å²) in [6.45, 7) is 0.836. The van der Waals surface area contributed by atoms with Gasteiger partial charge in [0.1, 0.15) is 12.4 Å². The number of carboxylic acids is 1. The van der Waals surface area contributed by atoms with E-state index in [1.165, 1.54) is 0 Å². The van der Waals surface area contributed by atoms with Crippen molar-refractivity contribution in [1.29, 1.82) is 0 Å². The molecule has 0 fully saturated rings. The highest BCUT2D eigenvalue weighted by Crippen LogP contribution is 2.23. The van der Waals surface area contributed by atoms with E-state index in [-0.39, 0.29) is 6.54 Å². The summed E-state index contributed by atoms with van der Waals surface area (Å²) in [5.74, 6) is -0.144. The predicted octanol–water partition coefficient (Wildman–Crippen LogP) is 3.75. The molecule has 2 aromatic carbocycles. The maximum atomic E-state index is 10.4. The monoisotopic (exact) mass is 339 g/mol. The normalized spacial score (nSPS) is 10.5. The molecule has 0 aliphatic rings. The second kappa shape index (κ2) is 8.03. The second-order valence-electron chi connectivity index (χ2n) is 4.68. The Morgan fingerprint density at radius 2 is 1.73 bits per heavy atom. The first-order chi connectivity index (χ1) is 10.5. The van der Waals surface area contributed by atoms with Crippen molar-refractivity contribution in [1.82, 2.24) is 5.32 Å². The number of aliphatic carboxylic acids is 1. The molecule has 2 rings (SSSR count). The molecule has 22 heavy (non-hydrogen) atoms. The minimum atomic E-state index is -0.874. The zero-order chi connectivity index (χ0) is 15.9. The lowest BCUT2D eigenvalue weighted by atomic mass is 10.2. The summed E-state index contributed by atoms with van der Waals surface area (Å²) in [5.41, 5.74) is 1.92. The number of halogens is 2. The van der Waals surface area contributed by atoms with Gasteiger partial charge in [0.2, 0.25) is 0 Å². The Morgan fingerprint density at radius 3 is 2.36 bits per heavy atom. The van der Waals surface area contributed by atoms with Gasteiger partial charge in [-0.2, -0.15) is 0 Å². The van der Waals surface area contributed by atoms with Crippen LogP contribution < -0.4 is 10.1 Å². The quantitative estimate of drug-likeness (QED) is 0.806. The Bertz CT molecular complexity index is 644. The smallest absolute Gasteiger partial charge is 0.317 e. The molecule has 0 heterocycles. The van der Waals surface area contributed by atoms with Crippen molar-refractivity contribution in [2.45, 2.75) is 13.2 Å². The summed E-state index contributed by atoms with van der Waals surface area (Å²) in [6.07, 6.45) is 0. The summed E-state index contributed by atoms with van der Waals surface area (Å²) in [4.78, 5) is 10.4. The van der Waals surface area contributed by atoms with E-state index in [9.17, 15) is 4.79 Å². The third-order valence-electron chi connectivity index (χ3n) is 2.92. The average Bonchev–Trinajstić information content (AvgIpc) is 2.49. The molecule has 2 N–H and O–H groups in total. The van der Waals surface area contributed by atoms with E-state index in [2.05, 4.69) is 5.32 Å². The topological polar surface area (TPSA) is 58.6 Å². The first-order valence-electron chi connectivity index (χ1n) is 6.63. The van der Waals surface area contributed by atoms with Crippen LogP contribution >= 0.6 is 23.2 Å².